The number of hydrogen-bond donors (Lipinski definition) is 0. The van der Waals surface area contributed by atoms with Gasteiger partial charge in [0.15, 0.2) is 40.6 Å². The van der Waals surface area contributed by atoms with Gasteiger partial charge in [0.1, 0.15) is 5.01 Å². The van der Waals surface area contributed by atoms with Crippen molar-refractivity contribution in [3.05, 3.63) is 83.9 Å². The average Bonchev–Trinajstić information content (AvgIpc) is 4.00. The van der Waals surface area contributed by atoms with E-state index in [1.165, 1.54) is 49.9 Å². The molecule has 0 spiro atoms. The van der Waals surface area contributed by atoms with E-state index < -0.39 is 0 Å². The van der Waals surface area contributed by atoms with Crippen molar-refractivity contribution in [3.8, 4) is 50.8 Å². The van der Waals surface area contributed by atoms with Crippen LogP contribution in [-0.2, 0) is 4.84 Å². The Morgan fingerprint density at radius 3 is 1.81 bits per heavy atom. The van der Waals surface area contributed by atoms with Crippen LogP contribution in [0.15, 0.2) is 78.0 Å². The molecular formula is C49H62N4O8S. The molecule has 0 amide bonds. The predicted molar refractivity (Wildman–Crippen MR) is 246 cm³/mol. The summed E-state index contributed by atoms with van der Waals surface area (Å²) in [6, 6.07) is 24.1. The third kappa shape index (κ3) is 11.6. The maximum atomic E-state index is 6.25. The van der Waals surface area contributed by atoms with Gasteiger partial charge in [0.25, 0.3) is 0 Å². The summed E-state index contributed by atoms with van der Waals surface area (Å²) in [7, 11) is 8.17. The van der Waals surface area contributed by atoms with Crippen molar-refractivity contribution < 1.29 is 38.0 Å². The molecule has 62 heavy (non-hydrogen) atoms. The zero-order valence-corrected chi connectivity index (χ0v) is 37.8. The fraction of sp³-hybridized carbons (Fsp3) is 0.469. The largest absolute Gasteiger partial charge is 0.493 e. The van der Waals surface area contributed by atoms with E-state index in [9.17, 15) is 0 Å². The zero-order valence-electron chi connectivity index (χ0n) is 37.0. The highest BCUT2D eigenvalue weighted by Crippen LogP contribution is 2.41. The van der Waals surface area contributed by atoms with Gasteiger partial charge in [-0.3, -0.25) is 0 Å². The summed E-state index contributed by atoms with van der Waals surface area (Å²) in [5.74, 6) is 4.67. The van der Waals surface area contributed by atoms with Crippen molar-refractivity contribution >= 4 is 27.3 Å². The predicted octanol–water partition coefficient (Wildman–Crippen LogP) is 10.1. The topological polar surface area (TPSA) is 106 Å². The van der Waals surface area contributed by atoms with E-state index in [2.05, 4.69) is 33.2 Å². The van der Waals surface area contributed by atoms with Gasteiger partial charge in [-0.2, -0.15) is 0 Å². The Bertz CT molecular complexity index is 2160. The lowest BCUT2D eigenvalue weighted by Crippen LogP contribution is -2.46. The number of rotatable bonds is 24. The second-order valence-electron chi connectivity index (χ2n) is 15.7. The molecule has 332 valence electrons. The normalized spacial score (nSPS) is 15.6. The number of fused-ring (bicyclic) bond motifs is 1. The van der Waals surface area contributed by atoms with E-state index in [1.807, 2.05) is 54.6 Å². The van der Waals surface area contributed by atoms with Gasteiger partial charge in [0.05, 0.1) is 64.7 Å². The standard InChI is InChI=1S/C49H62N4O8S/c1-54-40-20-18-35(42-34-39(51-61-42)37-32-45(56-3)48(58-5)46(33-37)57-4)30-44(40)60-29-15-9-7-13-23-53-26-24-52(25-27-53)22-12-6-8-14-28-59-41-21-19-36(31-43(41)55-2)49-50-38-16-10-11-17-47(38)62-49/h10-11,16-21,30-33,42H,6-9,12-15,22-29,34H2,1-5H3. The van der Waals surface area contributed by atoms with Gasteiger partial charge in [0.2, 0.25) is 5.75 Å². The molecule has 2 aliphatic rings. The highest BCUT2D eigenvalue weighted by molar-refractivity contribution is 7.21. The first-order valence-electron chi connectivity index (χ1n) is 22.0. The van der Waals surface area contributed by atoms with Gasteiger partial charge in [-0.1, -0.05) is 49.0 Å². The first-order valence-corrected chi connectivity index (χ1v) is 22.8. The van der Waals surface area contributed by atoms with Crippen molar-refractivity contribution in [1.82, 2.24) is 14.8 Å². The molecule has 0 radical (unpaired) electrons. The van der Waals surface area contributed by atoms with Gasteiger partial charge in [-0.15, -0.1) is 11.3 Å². The molecule has 0 N–H and O–H groups in total. The minimum Gasteiger partial charge on any atom is -0.493 e. The number of benzene rings is 4. The molecule has 1 aromatic heterocycles. The zero-order chi connectivity index (χ0) is 43.1. The van der Waals surface area contributed by atoms with Crippen molar-refractivity contribution in [2.24, 2.45) is 5.16 Å². The van der Waals surface area contributed by atoms with Crippen LogP contribution in [0, 0.1) is 0 Å². The number of unbranched alkanes of at least 4 members (excludes halogenated alkanes) is 6. The molecule has 3 heterocycles. The van der Waals surface area contributed by atoms with E-state index in [-0.39, 0.29) is 6.10 Å². The molecule has 12 nitrogen and oxygen atoms in total. The summed E-state index contributed by atoms with van der Waals surface area (Å²) in [6.07, 6.45) is 9.56. The number of hydrogen-bond acceptors (Lipinski definition) is 13. The number of piperazine rings is 1. The maximum absolute atomic E-state index is 6.25. The number of oxime groups is 1. The summed E-state index contributed by atoms with van der Waals surface area (Å²) in [5.41, 5.74) is 4.72. The third-order valence-corrected chi connectivity index (χ3v) is 12.7. The molecule has 0 saturated carbocycles. The van der Waals surface area contributed by atoms with E-state index in [0.29, 0.717) is 42.6 Å². The quantitative estimate of drug-likeness (QED) is 0.0554. The molecule has 2 aliphatic heterocycles. The average molecular weight is 867 g/mol. The Morgan fingerprint density at radius 2 is 1.18 bits per heavy atom. The van der Waals surface area contributed by atoms with Crippen LogP contribution < -0.4 is 33.2 Å². The summed E-state index contributed by atoms with van der Waals surface area (Å²) in [5, 5.41) is 5.40. The van der Waals surface area contributed by atoms with Crippen LogP contribution in [0.5, 0.6) is 40.2 Å². The van der Waals surface area contributed by atoms with Gasteiger partial charge >= 0.3 is 0 Å². The molecule has 0 aliphatic carbocycles. The summed E-state index contributed by atoms with van der Waals surface area (Å²) in [6.45, 7) is 8.32. The first-order chi connectivity index (χ1) is 30.5. The van der Waals surface area contributed by atoms with Gasteiger partial charge in [0, 0.05) is 43.7 Å². The number of nitrogens with zero attached hydrogens (tertiary/aromatic N) is 4. The second-order valence-corrected chi connectivity index (χ2v) is 16.8. The summed E-state index contributed by atoms with van der Waals surface area (Å²) >= 11 is 1.70. The smallest absolute Gasteiger partial charge is 0.203 e. The van der Waals surface area contributed by atoms with Crippen LogP contribution in [0.1, 0.15) is 75.0 Å². The van der Waals surface area contributed by atoms with Gasteiger partial charge in [-0.25, -0.2) is 4.98 Å². The molecule has 1 saturated heterocycles. The Kier molecular flexibility index (Phi) is 16.4. The third-order valence-electron chi connectivity index (χ3n) is 11.6. The molecule has 1 unspecified atom stereocenters. The fourth-order valence-electron chi connectivity index (χ4n) is 8.08. The molecule has 0 bridgehead atoms. The van der Waals surface area contributed by atoms with Crippen LogP contribution in [0.3, 0.4) is 0 Å². The number of methoxy groups -OCH3 is 5. The number of ether oxygens (including phenoxy) is 7. The molecular weight excluding hydrogens is 805 g/mol. The Hall–Kier alpha value is -5.24. The molecule has 5 aromatic rings. The maximum Gasteiger partial charge on any atom is 0.203 e. The number of para-hydroxylation sites is 1. The molecule has 1 fully saturated rings. The number of thiazole rings is 1. The lowest BCUT2D eigenvalue weighted by atomic mass is 9.99. The Balaban J connectivity index is 0.726. The van der Waals surface area contributed by atoms with E-state index in [1.54, 1.807) is 46.9 Å². The first kappa shape index (κ1) is 44.8. The van der Waals surface area contributed by atoms with Crippen LogP contribution in [0.25, 0.3) is 20.8 Å². The Labute approximate surface area is 370 Å². The van der Waals surface area contributed by atoms with E-state index >= 15 is 0 Å². The monoisotopic (exact) mass is 866 g/mol. The summed E-state index contributed by atoms with van der Waals surface area (Å²) < 4.78 is 41.4. The molecule has 1 atom stereocenters. The lowest BCUT2D eigenvalue weighted by molar-refractivity contribution is 0.0854. The highest BCUT2D eigenvalue weighted by Gasteiger charge is 2.27. The van der Waals surface area contributed by atoms with Crippen molar-refractivity contribution in [2.75, 3.05) is 88.0 Å². The van der Waals surface area contributed by atoms with Crippen molar-refractivity contribution in [1.29, 1.82) is 0 Å². The van der Waals surface area contributed by atoms with Crippen LogP contribution in [0.4, 0.5) is 0 Å². The van der Waals surface area contributed by atoms with Gasteiger partial charge in [-0.05, 0) is 98.9 Å². The van der Waals surface area contributed by atoms with Crippen molar-refractivity contribution in [3.63, 3.8) is 0 Å². The molecule has 4 aromatic carbocycles. The minimum absolute atomic E-state index is 0.242. The summed E-state index contributed by atoms with van der Waals surface area (Å²) in [4.78, 5) is 15.9. The fourth-order valence-corrected chi connectivity index (χ4v) is 9.04. The lowest BCUT2D eigenvalue weighted by Gasteiger charge is -2.34. The minimum atomic E-state index is -0.242. The van der Waals surface area contributed by atoms with Crippen molar-refractivity contribution in [2.45, 2.75) is 63.9 Å². The van der Waals surface area contributed by atoms with Gasteiger partial charge < -0.3 is 47.8 Å². The van der Waals surface area contributed by atoms with E-state index in [4.69, 9.17) is 43.0 Å². The molecule has 7 rings (SSSR count). The SMILES string of the molecule is COc1cc(-c2nc3ccccc3s2)ccc1OCCCCCCN1CCN(CCCCCCOc2cc(C3CC(c4cc(OC)c(OC)c(OC)c4)=NO3)ccc2OC)CC1. The second kappa shape index (κ2) is 22.7. The number of aromatic nitrogens is 1. The molecule has 13 heteroatoms. The van der Waals surface area contributed by atoms with E-state index in [0.717, 1.165) is 95.6 Å². The highest BCUT2D eigenvalue weighted by atomic mass is 32.1. The van der Waals surface area contributed by atoms with Crippen LogP contribution in [0.2, 0.25) is 0 Å². The van der Waals surface area contributed by atoms with Crippen LogP contribution >= 0.6 is 11.3 Å². The van der Waals surface area contributed by atoms with Crippen LogP contribution in [-0.4, -0.2) is 109 Å². The Morgan fingerprint density at radius 1 is 0.581 bits per heavy atom.